The van der Waals surface area contributed by atoms with Crippen molar-refractivity contribution in [2.24, 2.45) is 7.05 Å². The lowest BCUT2D eigenvalue weighted by Gasteiger charge is -2.24. The number of halogens is 2. The third-order valence-electron chi connectivity index (χ3n) is 5.81. The maximum atomic E-state index is 14.8. The van der Waals surface area contributed by atoms with Gasteiger partial charge in [-0.15, -0.1) is 0 Å². The zero-order chi connectivity index (χ0) is 26.0. The summed E-state index contributed by atoms with van der Waals surface area (Å²) in [5.41, 5.74) is 3.38. The Bertz CT molecular complexity index is 1420. The lowest BCUT2D eigenvalue weighted by Crippen LogP contribution is -2.29. The number of likely N-dealkylation sites (N-methyl/N-ethyl adjacent to an activating group) is 2. The maximum Gasteiger partial charge on any atom is 0.227 e. The number of amides is 1. The molecule has 0 spiro atoms. The van der Waals surface area contributed by atoms with E-state index in [0.717, 1.165) is 30.5 Å². The largest absolute Gasteiger partial charge is 0.372 e. The standard InChI is InChI=1S/C26H29F2N7O/c1-16(36)30-22-13-18(7-9-24(22)34(4)11-10-33(2)3)31-26-29-14-21(28)25(32-26)20-15-35(5)23-8-6-17(27)12-19(20)23/h6-9,12-15H,10-11H2,1-5H3,(H,30,36)(H,29,31,32). The van der Waals surface area contributed by atoms with Crippen LogP contribution in [-0.4, -0.2) is 59.6 Å². The van der Waals surface area contributed by atoms with Crippen molar-refractivity contribution in [1.82, 2.24) is 19.4 Å². The van der Waals surface area contributed by atoms with Crippen LogP contribution < -0.4 is 15.5 Å². The van der Waals surface area contributed by atoms with Gasteiger partial charge in [0.1, 0.15) is 11.5 Å². The molecule has 0 aliphatic rings. The number of carbonyl (C=O) groups excluding carboxylic acids is 1. The number of aryl methyl sites for hydroxylation is 1. The van der Waals surface area contributed by atoms with Gasteiger partial charge in [-0.05, 0) is 50.5 Å². The Labute approximate surface area is 208 Å². The second kappa shape index (κ2) is 10.3. The molecular formula is C26H29F2N7O. The summed E-state index contributed by atoms with van der Waals surface area (Å²) in [5, 5.41) is 6.51. The fraction of sp³-hybridized carbons (Fsp3) is 0.269. The van der Waals surface area contributed by atoms with Gasteiger partial charge in [0, 0.05) is 62.5 Å². The second-order valence-corrected chi connectivity index (χ2v) is 8.97. The lowest BCUT2D eigenvalue weighted by atomic mass is 10.1. The van der Waals surface area contributed by atoms with Crippen molar-refractivity contribution in [2.45, 2.75) is 6.92 Å². The molecule has 0 saturated heterocycles. The molecule has 0 aliphatic carbocycles. The number of carbonyl (C=O) groups is 1. The normalized spacial score (nSPS) is 11.2. The van der Waals surface area contributed by atoms with Gasteiger partial charge >= 0.3 is 0 Å². The summed E-state index contributed by atoms with van der Waals surface area (Å²) in [4.78, 5) is 24.5. The summed E-state index contributed by atoms with van der Waals surface area (Å²) < 4.78 is 30.5. The highest BCUT2D eigenvalue weighted by Gasteiger charge is 2.17. The summed E-state index contributed by atoms with van der Waals surface area (Å²) >= 11 is 0. The third kappa shape index (κ3) is 5.44. The second-order valence-electron chi connectivity index (χ2n) is 8.97. The van der Waals surface area contributed by atoms with Crippen LogP contribution in [0.25, 0.3) is 22.2 Å². The van der Waals surface area contributed by atoms with Crippen LogP contribution in [0.5, 0.6) is 0 Å². The van der Waals surface area contributed by atoms with Gasteiger partial charge in [0.05, 0.1) is 17.6 Å². The number of nitrogens with one attached hydrogen (secondary N) is 2. The van der Waals surface area contributed by atoms with Crippen LogP contribution in [0.4, 0.5) is 31.8 Å². The number of benzene rings is 2. The highest BCUT2D eigenvalue weighted by Crippen LogP contribution is 2.33. The van der Waals surface area contributed by atoms with E-state index in [4.69, 9.17) is 0 Å². The topological polar surface area (TPSA) is 78.3 Å². The third-order valence-corrected chi connectivity index (χ3v) is 5.81. The first kappa shape index (κ1) is 25.1. The Balaban J connectivity index is 1.67. The molecule has 1 amide bonds. The molecule has 8 nitrogen and oxygen atoms in total. The summed E-state index contributed by atoms with van der Waals surface area (Å²) in [6, 6.07) is 9.89. The lowest BCUT2D eigenvalue weighted by molar-refractivity contribution is -0.114. The molecule has 0 bridgehead atoms. The molecule has 2 heterocycles. The van der Waals surface area contributed by atoms with Gasteiger partial charge in [-0.3, -0.25) is 4.79 Å². The summed E-state index contributed by atoms with van der Waals surface area (Å²) in [7, 11) is 7.77. The van der Waals surface area contributed by atoms with Gasteiger partial charge in [-0.1, -0.05) is 0 Å². The average Bonchev–Trinajstić information content (AvgIpc) is 3.13. The molecule has 2 aromatic carbocycles. The molecule has 2 N–H and O–H groups in total. The molecule has 0 radical (unpaired) electrons. The fourth-order valence-corrected chi connectivity index (χ4v) is 4.01. The van der Waals surface area contributed by atoms with Crippen molar-refractivity contribution in [3.63, 3.8) is 0 Å². The van der Waals surface area contributed by atoms with Gasteiger partial charge in [0.25, 0.3) is 0 Å². The van der Waals surface area contributed by atoms with Crippen LogP contribution in [0.15, 0.2) is 48.8 Å². The van der Waals surface area contributed by atoms with E-state index >= 15 is 0 Å². The fourth-order valence-electron chi connectivity index (χ4n) is 4.01. The van der Waals surface area contributed by atoms with E-state index in [2.05, 4.69) is 30.4 Å². The van der Waals surface area contributed by atoms with Crippen molar-refractivity contribution < 1.29 is 13.6 Å². The number of aromatic nitrogens is 3. The molecule has 4 rings (SSSR count). The van der Waals surface area contributed by atoms with E-state index in [1.54, 1.807) is 22.9 Å². The highest BCUT2D eigenvalue weighted by atomic mass is 19.1. The van der Waals surface area contributed by atoms with Crippen molar-refractivity contribution in [1.29, 1.82) is 0 Å². The molecule has 0 aliphatic heterocycles. The van der Waals surface area contributed by atoms with Crippen molar-refractivity contribution >= 4 is 39.8 Å². The van der Waals surface area contributed by atoms with Crippen LogP contribution in [0.1, 0.15) is 6.92 Å². The van der Waals surface area contributed by atoms with Crippen molar-refractivity contribution in [3.8, 4) is 11.3 Å². The molecule has 0 unspecified atom stereocenters. The van der Waals surface area contributed by atoms with E-state index in [1.807, 2.05) is 40.3 Å². The quantitative estimate of drug-likeness (QED) is 0.373. The van der Waals surface area contributed by atoms with E-state index in [-0.39, 0.29) is 17.5 Å². The number of hydrogen-bond donors (Lipinski definition) is 2. The van der Waals surface area contributed by atoms with Crippen LogP contribution in [0, 0.1) is 11.6 Å². The minimum atomic E-state index is -0.617. The Morgan fingerprint density at radius 1 is 1.08 bits per heavy atom. The molecular weight excluding hydrogens is 464 g/mol. The van der Waals surface area contributed by atoms with Gasteiger partial charge < -0.3 is 25.0 Å². The zero-order valence-electron chi connectivity index (χ0n) is 20.9. The molecule has 0 saturated carbocycles. The number of nitrogens with zero attached hydrogens (tertiary/aromatic N) is 5. The zero-order valence-corrected chi connectivity index (χ0v) is 20.9. The van der Waals surface area contributed by atoms with Crippen molar-refractivity contribution in [2.75, 3.05) is 49.8 Å². The van der Waals surface area contributed by atoms with Gasteiger partial charge in [0.15, 0.2) is 5.82 Å². The van der Waals surface area contributed by atoms with Crippen molar-refractivity contribution in [3.05, 3.63) is 60.4 Å². The smallest absolute Gasteiger partial charge is 0.227 e. The minimum Gasteiger partial charge on any atom is -0.372 e. The molecule has 36 heavy (non-hydrogen) atoms. The summed E-state index contributed by atoms with van der Waals surface area (Å²) in [5.74, 6) is -1.06. The molecule has 0 atom stereocenters. The number of anilines is 4. The molecule has 10 heteroatoms. The monoisotopic (exact) mass is 493 g/mol. The Morgan fingerprint density at radius 3 is 2.58 bits per heavy atom. The predicted molar refractivity (Wildman–Crippen MR) is 140 cm³/mol. The summed E-state index contributed by atoms with van der Waals surface area (Å²) in [6.07, 6.45) is 2.80. The SMILES string of the molecule is CC(=O)Nc1cc(Nc2ncc(F)c(-c3cn(C)c4ccc(F)cc34)n2)ccc1N(C)CCN(C)C. The van der Waals surface area contributed by atoms with Crippen LogP contribution >= 0.6 is 0 Å². The van der Waals surface area contributed by atoms with Crippen LogP contribution in [0.3, 0.4) is 0 Å². The van der Waals surface area contributed by atoms with E-state index in [1.165, 1.54) is 19.1 Å². The highest BCUT2D eigenvalue weighted by molar-refractivity contribution is 5.96. The Kier molecular flexibility index (Phi) is 7.16. The Hall–Kier alpha value is -4.05. The number of rotatable bonds is 8. The number of fused-ring (bicyclic) bond motifs is 1. The molecule has 188 valence electrons. The first-order valence-electron chi connectivity index (χ1n) is 11.4. The van der Waals surface area contributed by atoms with Gasteiger partial charge in [-0.25, -0.2) is 18.7 Å². The molecule has 4 aromatic rings. The number of hydrogen-bond acceptors (Lipinski definition) is 6. The first-order valence-corrected chi connectivity index (χ1v) is 11.4. The Morgan fingerprint density at radius 2 is 1.86 bits per heavy atom. The van der Waals surface area contributed by atoms with E-state index in [0.29, 0.717) is 22.3 Å². The molecule has 2 aromatic heterocycles. The van der Waals surface area contributed by atoms with Gasteiger partial charge in [-0.2, -0.15) is 0 Å². The first-order chi connectivity index (χ1) is 17.1. The van der Waals surface area contributed by atoms with Gasteiger partial charge in [0.2, 0.25) is 11.9 Å². The van der Waals surface area contributed by atoms with Crippen LogP contribution in [0.2, 0.25) is 0 Å². The summed E-state index contributed by atoms with van der Waals surface area (Å²) in [6.45, 7) is 3.06. The van der Waals surface area contributed by atoms with Crippen LogP contribution in [-0.2, 0) is 11.8 Å². The minimum absolute atomic E-state index is 0.0609. The average molecular weight is 494 g/mol. The van der Waals surface area contributed by atoms with E-state index < -0.39 is 11.6 Å². The predicted octanol–water partition coefficient (Wildman–Crippen LogP) is 4.61. The van der Waals surface area contributed by atoms with E-state index in [9.17, 15) is 13.6 Å². The maximum absolute atomic E-state index is 14.8. The molecule has 0 fully saturated rings.